The van der Waals surface area contributed by atoms with E-state index in [-0.39, 0.29) is 18.0 Å². The van der Waals surface area contributed by atoms with Gasteiger partial charge < -0.3 is 4.90 Å². The van der Waals surface area contributed by atoms with Gasteiger partial charge in [0.2, 0.25) is 0 Å². The average Bonchev–Trinajstić information content (AvgIpc) is 3.20. The Morgan fingerprint density at radius 2 is 1.77 bits per heavy atom. The second-order valence-corrected chi connectivity index (χ2v) is 6.22. The molecule has 0 aliphatic carbocycles. The molecule has 4 rings (SSSR count). The molecule has 1 N–H and O–H groups in total. The summed E-state index contributed by atoms with van der Waals surface area (Å²) in [6, 6.07) is 19.7. The summed E-state index contributed by atoms with van der Waals surface area (Å²) in [5.41, 5.74) is 2.76. The molecule has 6 nitrogen and oxygen atoms in total. The van der Waals surface area contributed by atoms with Gasteiger partial charge in [-0.25, -0.2) is 9.78 Å². The summed E-state index contributed by atoms with van der Waals surface area (Å²) in [4.78, 5) is 19.0. The summed E-state index contributed by atoms with van der Waals surface area (Å²) in [5.74, 6) is 0.218. The van der Waals surface area contributed by atoms with Crippen molar-refractivity contribution in [2.24, 2.45) is 0 Å². The standard InChI is InChI=1S/C20H19N5O/c26-20(25-13-7-12-18(25)16-10-5-2-6-11-16)23-19-22-17(14-21-24-19)15-8-3-1-4-9-15/h1-6,8-11,14,18H,7,12-13H2,(H,22,23,24,26)/t18-/m0/s1. The van der Waals surface area contributed by atoms with Gasteiger partial charge in [-0.05, 0) is 18.4 Å². The molecule has 1 saturated heterocycles. The van der Waals surface area contributed by atoms with E-state index in [9.17, 15) is 4.79 Å². The Hall–Kier alpha value is -3.28. The number of aromatic nitrogens is 3. The van der Waals surface area contributed by atoms with Crippen LogP contribution in [0.5, 0.6) is 0 Å². The molecule has 2 heterocycles. The lowest BCUT2D eigenvalue weighted by Crippen LogP contribution is -2.35. The highest BCUT2D eigenvalue weighted by Crippen LogP contribution is 2.32. The minimum atomic E-state index is -0.191. The van der Waals surface area contributed by atoms with E-state index in [4.69, 9.17) is 0 Å². The number of nitrogens with zero attached hydrogens (tertiary/aromatic N) is 4. The minimum Gasteiger partial charge on any atom is -0.317 e. The van der Waals surface area contributed by atoms with Crippen LogP contribution >= 0.6 is 0 Å². The first kappa shape index (κ1) is 16.2. The van der Waals surface area contributed by atoms with Gasteiger partial charge in [0.25, 0.3) is 5.95 Å². The molecule has 1 aliphatic rings. The molecule has 6 heteroatoms. The predicted octanol–water partition coefficient (Wildman–Crippen LogP) is 3.91. The van der Waals surface area contributed by atoms with Gasteiger partial charge in [0, 0.05) is 12.1 Å². The Labute approximate surface area is 151 Å². The number of carbonyl (C=O) groups excluding carboxylic acids is 1. The highest BCUT2D eigenvalue weighted by molar-refractivity contribution is 5.88. The van der Waals surface area contributed by atoms with E-state index < -0.39 is 0 Å². The molecule has 26 heavy (non-hydrogen) atoms. The molecule has 130 valence electrons. The van der Waals surface area contributed by atoms with E-state index in [2.05, 4.69) is 32.6 Å². The van der Waals surface area contributed by atoms with E-state index in [0.717, 1.165) is 30.5 Å². The average molecular weight is 345 g/mol. The number of benzene rings is 2. The van der Waals surface area contributed by atoms with Gasteiger partial charge in [-0.15, -0.1) is 5.10 Å². The predicted molar refractivity (Wildman–Crippen MR) is 99.4 cm³/mol. The van der Waals surface area contributed by atoms with E-state index in [1.54, 1.807) is 6.20 Å². The lowest BCUT2D eigenvalue weighted by Gasteiger charge is -2.24. The number of likely N-dealkylation sites (tertiary alicyclic amines) is 1. The van der Waals surface area contributed by atoms with Crippen molar-refractivity contribution in [3.63, 3.8) is 0 Å². The summed E-state index contributed by atoms with van der Waals surface area (Å²) in [7, 11) is 0. The van der Waals surface area contributed by atoms with Gasteiger partial charge in [-0.1, -0.05) is 60.7 Å². The van der Waals surface area contributed by atoms with Crippen molar-refractivity contribution >= 4 is 12.0 Å². The molecule has 3 aromatic rings. The summed E-state index contributed by atoms with van der Waals surface area (Å²) in [6.07, 6.45) is 3.53. The van der Waals surface area contributed by atoms with Crippen LogP contribution in [0.1, 0.15) is 24.4 Å². The summed E-state index contributed by atoms with van der Waals surface area (Å²) in [5, 5.41) is 10.7. The fourth-order valence-electron chi connectivity index (χ4n) is 3.30. The van der Waals surface area contributed by atoms with Crippen LogP contribution in [0.4, 0.5) is 10.7 Å². The number of carbonyl (C=O) groups is 1. The Balaban J connectivity index is 1.51. The van der Waals surface area contributed by atoms with E-state index in [1.165, 1.54) is 0 Å². The summed E-state index contributed by atoms with van der Waals surface area (Å²) in [6.45, 7) is 0.719. The molecular weight excluding hydrogens is 326 g/mol. The van der Waals surface area contributed by atoms with E-state index in [0.29, 0.717) is 5.69 Å². The molecule has 0 radical (unpaired) electrons. The molecule has 1 atom stereocenters. The Kier molecular flexibility index (Phi) is 4.55. The highest BCUT2D eigenvalue weighted by Gasteiger charge is 2.30. The van der Waals surface area contributed by atoms with Crippen molar-refractivity contribution in [3.05, 3.63) is 72.4 Å². The van der Waals surface area contributed by atoms with Gasteiger partial charge >= 0.3 is 6.03 Å². The SMILES string of the molecule is O=C(Nc1nncc(-c2ccccc2)n1)N1CCC[C@H]1c1ccccc1. The lowest BCUT2D eigenvalue weighted by molar-refractivity contribution is 0.207. The van der Waals surface area contributed by atoms with Crippen LogP contribution in [-0.2, 0) is 0 Å². The van der Waals surface area contributed by atoms with Gasteiger partial charge in [0.1, 0.15) is 0 Å². The number of amides is 2. The third-order valence-electron chi connectivity index (χ3n) is 4.55. The van der Waals surface area contributed by atoms with Gasteiger partial charge in [0.15, 0.2) is 0 Å². The van der Waals surface area contributed by atoms with Crippen molar-refractivity contribution in [1.29, 1.82) is 0 Å². The van der Waals surface area contributed by atoms with Crippen LogP contribution in [0, 0.1) is 0 Å². The van der Waals surface area contributed by atoms with Crippen LogP contribution in [0.2, 0.25) is 0 Å². The number of hydrogen-bond acceptors (Lipinski definition) is 4. The fraction of sp³-hybridized carbons (Fsp3) is 0.200. The zero-order valence-electron chi connectivity index (χ0n) is 14.2. The zero-order chi connectivity index (χ0) is 17.8. The second kappa shape index (κ2) is 7.31. The molecular formula is C20H19N5O. The van der Waals surface area contributed by atoms with Crippen molar-refractivity contribution in [3.8, 4) is 11.3 Å². The largest absolute Gasteiger partial charge is 0.324 e. The van der Waals surface area contributed by atoms with E-state index in [1.807, 2.05) is 53.4 Å². The topological polar surface area (TPSA) is 71.0 Å². The number of rotatable bonds is 3. The third kappa shape index (κ3) is 3.39. The number of hydrogen-bond donors (Lipinski definition) is 1. The maximum absolute atomic E-state index is 12.8. The first-order valence-electron chi connectivity index (χ1n) is 8.69. The van der Waals surface area contributed by atoms with Crippen LogP contribution in [0.25, 0.3) is 11.3 Å². The molecule has 0 bridgehead atoms. The van der Waals surface area contributed by atoms with E-state index >= 15 is 0 Å². The molecule has 0 saturated carbocycles. The maximum atomic E-state index is 12.8. The van der Waals surface area contributed by atoms with Crippen molar-refractivity contribution in [2.45, 2.75) is 18.9 Å². The Bertz CT molecular complexity index is 885. The number of nitrogens with one attached hydrogen (secondary N) is 1. The molecule has 1 fully saturated rings. The smallest absolute Gasteiger partial charge is 0.317 e. The Morgan fingerprint density at radius 3 is 2.54 bits per heavy atom. The van der Waals surface area contributed by atoms with Crippen molar-refractivity contribution in [2.75, 3.05) is 11.9 Å². The monoisotopic (exact) mass is 345 g/mol. The molecule has 0 unspecified atom stereocenters. The first-order chi connectivity index (χ1) is 12.8. The van der Waals surface area contributed by atoms with Crippen LogP contribution in [0.3, 0.4) is 0 Å². The fourth-order valence-corrected chi connectivity index (χ4v) is 3.30. The number of anilines is 1. The maximum Gasteiger partial charge on any atom is 0.324 e. The molecule has 2 amide bonds. The molecule has 1 aliphatic heterocycles. The van der Waals surface area contributed by atoms with Gasteiger partial charge in [0.05, 0.1) is 17.9 Å². The lowest BCUT2D eigenvalue weighted by atomic mass is 10.1. The molecule has 0 spiro atoms. The van der Waals surface area contributed by atoms with Crippen LogP contribution in [0.15, 0.2) is 66.9 Å². The van der Waals surface area contributed by atoms with Gasteiger partial charge in [-0.3, -0.25) is 5.32 Å². The Morgan fingerprint density at radius 1 is 1.04 bits per heavy atom. The van der Waals surface area contributed by atoms with Crippen LogP contribution < -0.4 is 5.32 Å². The second-order valence-electron chi connectivity index (χ2n) is 6.22. The molecule has 1 aromatic heterocycles. The van der Waals surface area contributed by atoms with Crippen molar-refractivity contribution < 1.29 is 4.79 Å². The van der Waals surface area contributed by atoms with Crippen molar-refractivity contribution in [1.82, 2.24) is 20.1 Å². The quantitative estimate of drug-likeness (QED) is 0.781. The summed E-state index contributed by atoms with van der Waals surface area (Å²) < 4.78 is 0. The summed E-state index contributed by atoms with van der Waals surface area (Å²) >= 11 is 0. The molecule has 2 aromatic carbocycles. The van der Waals surface area contributed by atoms with Crippen LogP contribution in [-0.4, -0.2) is 32.7 Å². The first-order valence-corrected chi connectivity index (χ1v) is 8.69. The third-order valence-corrected chi connectivity index (χ3v) is 4.55. The normalized spacial score (nSPS) is 16.5. The zero-order valence-corrected chi connectivity index (χ0v) is 14.2. The highest BCUT2D eigenvalue weighted by atomic mass is 16.2. The number of urea groups is 1. The minimum absolute atomic E-state index is 0.0847. The van der Waals surface area contributed by atoms with Gasteiger partial charge in [-0.2, -0.15) is 5.10 Å².